The van der Waals surface area contributed by atoms with Crippen LogP contribution >= 0.6 is 0 Å². The van der Waals surface area contributed by atoms with Crippen molar-refractivity contribution in [3.63, 3.8) is 0 Å². The minimum atomic E-state index is -0.862. The highest BCUT2D eigenvalue weighted by molar-refractivity contribution is 5.81. The Morgan fingerprint density at radius 3 is 2.77 bits per heavy atom. The Morgan fingerprint density at radius 1 is 1.16 bits per heavy atom. The number of aliphatic hydroxyl groups is 1. The van der Waals surface area contributed by atoms with E-state index in [1.807, 2.05) is 49.5 Å². The van der Waals surface area contributed by atoms with Crippen molar-refractivity contribution >= 4 is 22.7 Å². The van der Waals surface area contributed by atoms with E-state index in [2.05, 4.69) is 32.3 Å². The van der Waals surface area contributed by atoms with Gasteiger partial charge in [-0.15, -0.1) is 5.10 Å². The highest BCUT2D eigenvalue weighted by Gasteiger charge is 2.16. The summed E-state index contributed by atoms with van der Waals surface area (Å²) in [7, 11) is 0. The van der Waals surface area contributed by atoms with Crippen LogP contribution in [0, 0.1) is 6.92 Å². The van der Waals surface area contributed by atoms with Gasteiger partial charge in [0.05, 0.1) is 11.3 Å². The quantitative estimate of drug-likeness (QED) is 0.424. The standard InChI is InChI=1S/C23H25N7O/c1-15-7-5-8-19(26-15)21-28-22(20-9-6-12-30(20)29-21)27-18-10-11-24-13-17(18)16(2)25-14-23(3,4)31/h5-13,25,31H,2,14H2,1,3-4H3,(H,24,27,28,29). The van der Waals surface area contributed by atoms with Gasteiger partial charge in [0, 0.05) is 42.1 Å². The summed E-state index contributed by atoms with van der Waals surface area (Å²) in [5.74, 6) is 1.16. The van der Waals surface area contributed by atoms with E-state index < -0.39 is 5.60 Å². The summed E-state index contributed by atoms with van der Waals surface area (Å²) < 4.78 is 1.77. The lowest BCUT2D eigenvalue weighted by molar-refractivity contribution is 0.0843. The van der Waals surface area contributed by atoms with Crippen molar-refractivity contribution in [2.75, 3.05) is 11.9 Å². The maximum Gasteiger partial charge on any atom is 0.200 e. The third-order valence-electron chi connectivity index (χ3n) is 4.64. The zero-order valence-corrected chi connectivity index (χ0v) is 17.8. The summed E-state index contributed by atoms with van der Waals surface area (Å²) in [6, 6.07) is 11.5. The van der Waals surface area contributed by atoms with Gasteiger partial charge in [-0.3, -0.25) is 4.98 Å². The number of anilines is 2. The molecule has 4 aromatic rings. The van der Waals surface area contributed by atoms with E-state index in [4.69, 9.17) is 4.98 Å². The largest absolute Gasteiger partial charge is 0.389 e. The molecule has 0 radical (unpaired) electrons. The molecule has 158 valence electrons. The first-order valence-corrected chi connectivity index (χ1v) is 9.96. The first kappa shape index (κ1) is 20.5. The Hall–Kier alpha value is -3.78. The second kappa shape index (κ2) is 8.16. The van der Waals surface area contributed by atoms with Crippen LogP contribution in [0.2, 0.25) is 0 Å². The van der Waals surface area contributed by atoms with Gasteiger partial charge in [-0.2, -0.15) is 0 Å². The van der Waals surface area contributed by atoms with E-state index in [-0.39, 0.29) is 0 Å². The molecule has 4 rings (SSSR count). The Morgan fingerprint density at radius 2 is 2.00 bits per heavy atom. The lowest BCUT2D eigenvalue weighted by atomic mass is 10.1. The first-order valence-electron chi connectivity index (χ1n) is 9.96. The van der Waals surface area contributed by atoms with E-state index in [1.165, 1.54) is 0 Å². The molecule has 0 bridgehead atoms. The summed E-state index contributed by atoms with van der Waals surface area (Å²) in [5.41, 5.74) is 3.78. The fourth-order valence-corrected chi connectivity index (χ4v) is 3.09. The molecule has 0 aliphatic carbocycles. The van der Waals surface area contributed by atoms with Gasteiger partial charge in [0.25, 0.3) is 0 Å². The zero-order chi connectivity index (χ0) is 22.0. The third-order valence-corrected chi connectivity index (χ3v) is 4.64. The van der Waals surface area contributed by atoms with Gasteiger partial charge in [0.15, 0.2) is 5.82 Å². The van der Waals surface area contributed by atoms with Gasteiger partial charge in [-0.05, 0) is 51.1 Å². The summed E-state index contributed by atoms with van der Waals surface area (Å²) in [5, 5.41) is 21.2. The number of aryl methyl sites for hydroxylation is 1. The first-order chi connectivity index (χ1) is 14.8. The summed E-state index contributed by atoms with van der Waals surface area (Å²) >= 11 is 0. The molecule has 4 aromatic heterocycles. The van der Waals surface area contributed by atoms with E-state index in [9.17, 15) is 5.11 Å². The average molecular weight is 416 g/mol. The number of nitrogens with one attached hydrogen (secondary N) is 2. The lowest BCUT2D eigenvalue weighted by Crippen LogP contribution is -2.33. The minimum absolute atomic E-state index is 0.361. The van der Waals surface area contributed by atoms with Crippen molar-refractivity contribution in [1.82, 2.24) is 29.9 Å². The Labute approximate surface area is 180 Å². The monoisotopic (exact) mass is 415 g/mol. The number of nitrogens with zero attached hydrogens (tertiary/aromatic N) is 5. The van der Waals surface area contributed by atoms with Gasteiger partial charge in [0.2, 0.25) is 5.82 Å². The normalized spacial score (nSPS) is 11.5. The molecule has 0 amide bonds. The van der Waals surface area contributed by atoms with E-state index >= 15 is 0 Å². The van der Waals surface area contributed by atoms with Gasteiger partial charge in [0.1, 0.15) is 11.2 Å². The highest BCUT2D eigenvalue weighted by Crippen LogP contribution is 2.27. The maximum atomic E-state index is 10.0. The van der Waals surface area contributed by atoms with Crippen LogP contribution < -0.4 is 10.6 Å². The van der Waals surface area contributed by atoms with Crippen LogP contribution in [0.5, 0.6) is 0 Å². The molecule has 0 atom stereocenters. The zero-order valence-electron chi connectivity index (χ0n) is 17.8. The summed E-state index contributed by atoms with van der Waals surface area (Å²) in [4.78, 5) is 13.5. The number of pyridine rings is 2. The van der Waals surface area contributed by atoms with Crippen molar-refractivity contribution in [2.45, 2.75) is 26.4 Å². The van der Waals surface area contributed by atoms with Crippen LogP contribution in [-0.4, -0.2) is 41.8 Å². The van der Waals surface area contributed by atoms with Crippen molar-refractivity contribution < 1.29 is 5.11 Å². The Bertz CT molecular complexity index is 1240. The predicted molar refractivity (Wildman–Crippen MR) is 122 cm³/mol. The fraction of sp³-hybridized carbons (Fsp3) is 0.217. The lowest BCUT2D eigenvalue weighted by Gasteiger charge is -2.21. The van der Waals surface area contributed by atoms with E-state index in [1.54, 1.807) is 30.8 Å². The molecule has 31 heavy (non-hydrogen) atoms. The van der Waals surface area contributed by atoms with Crippen LogP contribution in [0.3, 0.4) is 0 Å². The molecule has 0 aromatic carbocycles. The molecule has 3 N–H and O–H groups in total. The number of fused-ring (bicyclic) bond motifs is 1. The van der Waals surface area contributed by atoms with Crippen molar-refractivity contribution in [3.05, 3.63) is 72.8 Å². The van der Waals surface area contributed by atoms with Gasteiger partial charge >= 0.3 is 0 Å². The topological polar surface area (TPSA) is 100 Å². The molecular formula is C23H25N7O. The molecule has 4 heterocycles. The van der Waals surface area contributed by atoms with E-state index in [0.717, 1.165) is 22.5 Å². The van der Waals surface area contributed by atoms with Crippen molar-refractivity contribution in [1.29, 1.82) is 0 Å². The van der Waals surface area contributed by atoms with Gasteiger partial charge in [-0.25, -0.2) is 14.5 Å². The van der Waals surface area contributed by atoms with Gasteiger partial charge in [-0.1, -0.05) is 12.6 Å². The molecule has 0 unspecified atom stereocenters. The second-order valence-corrected chi connectivity index (χ2v) is 7.98. The molecule has 8 nitrogen and oxygen atoms in total. The highest BCUT2D eigenvalue weighted by atomic mass is 16.3. The molecule has 0 saturated heterocycles. The minimum Gasteiger partial charge on any atom is -0.389 e. The Balaban J connectivity index is 1.71. The second-order valence-electron chi connectivity index (χ2n) is 7.98. The molecule has 0 aliphatic heterocycles. The molecule has 8 heteroatoms. The number of aromatic nitrogens is 5. The smallest absolute Gasteiger partial charge is 0.200 e. The average Bonchev–Trinajstić information content (AvgIpc) is 3.21. The summed E-state index contributed by atoms with van der Waals surface area (Å²) in [6.07, 6.45) is 5.30. The van der Waals surface area contributed by atoms with Crippen molar-refractivity contribution in [2.24, 2.45) is 0 Å². The van der Waals surface area contributed by atoms with Crippen LogP contribution in [-0.2, 0) is 0 Å². The van der Waals surface area contributed by atoms with E-state index in [0.29, 0.717) is 29.6 Å². The SMILES string of the molecule is C=C(NCC(C)(C)O)c1cnccc1Nc1nc(-c2cccc(C)n2)nn2cccc12. The van der Waals surface area contributed by atoms with Crippen LogP contribution in [0.1, 0.15) is 25.1 Å². The molecular weight excluding hydrogens is 390 g/mol. The molecule has 0 aliphatic rings. The summed E-state index contributed by atoms with van der Waals surface area (Å²) in [6.45, 7) is 9.88. The van der Waals surface area contributed by atoms with Crippen molar-refractivity contribution in [3.8, 4) is 11.5 Å². The van der Waals surface area contributed by atoms with Crippen LogP contribution in [0.25, 0.3) is 22.7 Å². The van der Waals surface area contributed by atoms with Gasteiger partial charge < -0.3 is 15.7 Å². The number of hydrogen-bond donors (Lipinski definition) is 3. The molecule has 0 fully saturated rings. The predicted octanol–water partition coefficient (Wildman–Crippen LogP) is 3.57. The fourth-order valence-electron chi connectivity index (χ4n) is 3.09. The Kier molecular flexibility index (Phi) is 5.39. The third kappa shape index (κ3) is 4.70. The van der Waals surface area contributed by atoms with Crippen LogP contribution in [0.4, 0.5) is 11.5 Å². The molecule has 0 saturated carbocycles. The maximum absolute atomic E-state index is 10.0. The molecule has 0 spiro atoms. The number of rotatable bonds is 7. The number of hydrogen-bond acceptors (Lipinski definition) is 7. The van der Waals surface area contributed by atoms with Crippen LogP contribution in [0.15, 0.2) is 61.6 Å².